The molecule has 0 amide bonds. The van der Waals surface area contributed by atoms with Gasteiger partial charge < -0.3 is 9.30 Å². The van der Waals surface area contributed by atoms with Crippen molar-refractivity contribution in [2.75, 3.05) is 12.4 Å². The van der Waals surface area contributed by atoms with Gasteiger partial charge in [-0.1, -0.05) is 47.7 Å². The molecule has 0 N–H and O–H groups in total. The van der Waals surface area contributed by atoms with Crippen LogP contribution in [0.4, 0.5) is 0 Å². The van der Waals surface area contributed by atoms with Gasteiger partial charge in [0.15, 0.2) is 16.8 Å². The Morgan fingerprint density at radius 2 is 1.96 bits per heavy atom. The predicted octanol–water partition coefficient (Wildman–Crippen LogP) is 4.65. The van der Waals surface area contributed by atoms with Crippen LogP contribution in [-0.4, -0.2) is 32.9 Å². The molecular weight excluding hydrogens is 358 g/mol. The summed E-state index contributed by atoms with van der Waals surface area (Å²) in [6, 6.07) is 15.6. The smallest absolute Gasteiger partial charge is 0.191 e. The van der Waals surface area contributed by atoms with Crippen LogP contribution in [0.1, 0.15) is 29.8 Å². The number of ether oxygens (including phenoxy) is 1. The van der Waals surface area contributed by atoms with Crippen molar-refractivity contribution in [3.8, 4) is 17.1 Å². The lowest BCUT2D eigenvalue weighted by atomic mass is 10.1. The summed E-state index contributed by atoms with van der Waals surface area (Å²) in [5.41, 5.74) is 2.88. The molecular formula is C21H23N3O2S. The van der Waals surface area contributed by atoms with Gasteiger partial charge in [-0.3, -0.25) is 4.79 Å². The van der Waals surface area contributed by atoms with Crippen molar-refractivity contribution in [1.29, 1.82) is 0 Å². The van der Waals surface area contributed by atoms with Crippen LogP contribution < -0.4 is 4.74 Å². The van der Waals surface area contributed by atoms with Crippen LogP contribution in [0.15, 0.2) is 53.7 Å². The molecule has 140 valence electrons. The van der Waals surface area contributed by atoms with Crippen molar-refractivity contribution in [2.45, 2.75) is 32.5 Å². The first kappa shape index (κ1) is 19.2. The van der Waals surface area contributed by atoms with Crippen LogP contribution in [0.2, 0.25) is 0 Å². The zero-order valence-electron chi connectivity index (χ0n) is 15.8. The minimum atomic E-state index is 0.00627. The quantitative estimate of drug-likeness (QED) is 0.323. The van der Waals surface area contributed by atoms with Gasteiger partial charge in [0.1, 0.15) is 5.75 Å². The van der Waals surface area contributed by atoms with Crippen LogP contribution >= 0.6 is 11.8 Å². The molecule has 0 atom stereocenters. The number of carbonyl (C=O) groups excluding carboxylic acids is 1. The van der Waals surface area contributed by atoms with E-state index in [4.69, 9.17) is 4.74 Å². The lowest BCUT2D eigenvalue weighted by Gasteiger charge is -2.10. The summed E-state index contributed by atoms with van der Waals surface area (Å²) in [4.78, 5) is 11.7. The van der Waals surface area contributed by atoms with Crippen molar-refractivity contribution in [2.24, 2.45) is 0 Å². The molecule has 0 radical (unpaired) electrons. The first-order chi connectivity index (χ1) is 13.1. The zero-order valence-corrected chi connectivity index (χ0v) is 16.6. The number of carbonyl (C=O) groups is 1. The van der Waals surface area contributed by atoms with Crippen molar-refractivity contribution in [3.05, 3.63) is 59.7 Å². The largest absolute Gasteiger partial charge is 0.492 e. The Morgan fingerprint density at radius 1 is 1.15 bits per heavy atom. The Balaban J connectivity index is 1.65. The van der Waals surface area contributed by atoms with Crippen LogP contribution in [0, 0.1) is 6.92 Å². The van der Waals surface area contributed by atoms with Crippen molar-refractivity contribution >= 4 is 17.5 Å². The lowest BCUT2D eigenvalue weighted by molar-refractivity contribution is 0.101. The second-order valence-corrected chi connectivity index (χ2v) is 7.23. The van der Waals surface area contributed by atoms with Gasteiger partial charge in [-0.15, -0.1) is 10.2 Å². The van der Waals surface area contributed by atoms with Crippen LogP contribution in [0.5, 0.6) is 5.75 Å². The van der Waals surface area contributed by atoms with E-state index < -0.39 is 0 Å². The molecule has 1 aromatic heterocycles. The lowest BCUT2D eigenvalue weighted by Crippen LogP contribution is -2.06. The SMILES string of the molecule is CCn1c(SCCOc2ccccc2C(C)=O)nnc1-c1cccc(C)c1. The molecule has 0 aliphatic rings. The summed E-state index contributed by atoms with van der Waals surface area (Å²) in [6.45, 7) is 7.00. The number of ketones is 1. The monoisotopic (exact) mass is 381 g/mol. The van der Waals surface area contributed by atoms with Crippen LogP contribution in [-0.2, 0) is 6.54 Å². The minimum Gasteiger partial charge on any atom is -0.492 e. The number of hydrogen-bond acceptors (Lipinski definition) is 5. The van der Waals surface area contributed by atoms with Crippen LogP contribution in [0.25, 0.3) is 11.4 Å². The molecule has 0 aliphatic carbocycles. The Labute approximate surface area is 163 Å². The molecule has 27 heavy (non-hydrogen) atoms. The third-order valence-corrected chi connectivity index (χ3v) is 5.08. The molecule has 0 saturated heterocycles. The van der Waals surface area contributed by atoms with Gasteiger partial charge in [0.05, 0.1) is 12.2 Å². The molecule has 3 rings (SSSR count). The fourth-order valence-corrected chi connectivity index (χ4v) is 3.67. The second-order valence-electron chi connectivity index (χ2n) is 6.17. The molecule has 6 heteroatoms. The van der Waals surface area contributed by atoms with E-state index in [1.807, 2.05) is 24.3 Å². The Morgan fingerprint density at radius 3 is 2.70 bits per heavy atom. The van der Waals surface area contributed by atoms with Crippen molar-refractivity contribution < 1.29 is 9.53 Å². The maximum atomic E-state index is 11.7. The molecule has 5 nitrogen and oxygen atoms in total. The first-order valence-electron chi connectivity index (χ1n) is 8.96. The molecule has 0 fully saturated rings. The third kappa shape index (κ3) is 4.57. The molecule has 1 heterocycles. The number of Topliss-reactive ketones (excluding diaryl/α,β-unsaturated/α-hetero) is 1. The van der Waals surface area contributed by atoms with Gasteiger partial charge in [-0.25, -0.2) is 0 Å². The van der Waals surface area contributed by atoms with E-state index in [-0.39, 0.29) is 5.78 Å². The van der Waals surface area contributed by atoms with Crippen LogP contribution in [0.3, 0.4) is 0 Å². The van der Waals surface area contributed by atoms with E-state index in [9.17, 15) is 4.79 Å². The summed E-state index contributed by atoms with van der Waals surface area (Å²) in [7, 11) is 0. The highest BCUT2D eigenvalue weighted by Gasteiger charge is 2.13. The van der Waals surface area contributed by atoms with E-state index in [2.05, 4.69) is 46.8 Å². The Hall–Kier alpha value is -2.60. The summed E-state index contributed by atoms with van der Waals surface area (Å²) in [6.07, 6.45) is 0. The van der Waals surface area contributed by atoms with E-state index >= 15 is 0 Å². The van der Waals surface area contributed by atoms with E-state index in [1.54, 1.807) is 24.8 Å². The summed E-state index contributed by atoms with van der Waals surface area (Å²) in [5.74, 6) is 2.24. The maximum Gasteiger partial charge on any atom is 0.191 e. The van der Waals surface area contributed by atoms with Crippen molar-refractivity contribution in [1.82, 2.24) is 14.8 Å². The molecule has 2 aromatic carbocycles. The van der Waals surface area contributed by atoms with Gasteiger partial charge in [-0.2, -0.15) is 0 Å². The number of thioether (sulfide) groups is 1. The summed E-state index contributed by atoms with van der Waals surface area (Å²) in [5, 5.41) is 9.60. The Kier molecular flexibility index (Phi) is 6.29. The normalized spacial score (nSPS) is 10.8. The van der Waals surface area contributed by atoms with Gasteiger partial charge in [0.2, 0.25) is 0 Å². The number of aromatic nitrogens is 3. The highest BCUT2D eigenvalue weighted by molar-refractivity contribution is 7.99. The average molecular weight is 382 g/mol. The van der Waals surface area contributed by atoms with Crippen molar-refractivity contribution in [3.63, 3.8) is 0 Å². The third-order valence-electron chi connectivity index (χ3n) is 4.15. The van der Waals surface area contributed by atoms with Gasteiger partial charge >= 0.3 is 0 Å². The number of rotatable bonds is 8. The van der Waals surface area contributed by atoms with Gasteiger partial charge in [0, 0.05) is 17.9 Å². The predicted molar refractivity (Wildman–Crippen MR) is 109 cm³/mol. The number of benzene rings is 2. The van der Waals surface area contributed by atoms with E-state index in [1.165, 1.54) is 5.56 Å². The molecule has 0 aliphatic heterocycles. The Bertz CT molecular complexity index is 937. The standard InChI is InChI=1S/C21H23N3O2S/c1-4-24-20(17-9-7-8-15(2)14-17)22-23-21(24)27-13-12-26-19-11-6-5-10-18(19)16(3)25/h5-11,14H,4,12-13H2,1-3H3. The average Bonchev–Trinajstić information content (AvgIpc) is 3.08. The molecule has 0 spiro atoms. The topological polar surface area (TPSA) is 57.0 Å². The number of para-hydroxylation sites is 1. The molecule has 0 saturated carbocycles. The number of aryl methyl sites for hydroxylation is 1. The van der Waals surface area contributed by atoms with E-state index in [0.717, 1.165) is 28.8 Å². The highest BCUT2D eigenvalue weighted by atomic mass is 32.2. The van der Waals surface area contributed by atoms with Gasteiger partial charge in [-0.05, 0) is 39.0 Å². The molecule has 3 aromatic rings. The fourth-order valence-electron chi connectivity index (χ4n) is 2.85. The second kappa shape index (κ2) is 8.86. The first-order valence-corrected chi connectivity index (χ1v) is 9.94. The maximum absolute atomic E-state index is 11.7. The summed E-state index contributed by atoms with van der Waals surface area (Å²) < 4.78 is 7.92. The van der Waals surface area contributed by atoms with E-state index in [0.29, 0.717) is 17.9 Å². The summed E-state index contributed by atoms with van der Waals surface area (Å²) >= 11 is 1.60. The number of hydrogen-bond donors (Lipinski definition) is 0. The fraction of sp³-hybridized carbons (Fsp3) is 0.286. The zero-order chi connectivity index (χ0) is 19.2. The van der Waals surface area contributed by atoms with Gasteiger partial charge in [0.25, 0.3) is 0 Å². The highest BCUT2D eigenvalue weighted by Crippen LogP contribution is 2.25. The molecule has 0 unspecified atom stereocenters. The minimum absolute atomic E-state index is 0.00627. The molecule has 0 bridgehead atoms. The number of nitrogens with zero attached hydrogens (tertiary/aromatic N) is 3.